The minimum atomic E-state index is -0.108. The number of nitriles is 1. The first-order chi connectivity index (χ1) is 11.1. The molecule has 2 heterocycles. The molecule has 0 radical (unpaired) electrons. The lowest BCUT2D eigenvalue weighted by Crippen LogP contribution is -2.39. The molecule has 1 aliphatic heterocycles. The third-order valence-electron chi connectivity index (χ3n) is 5.58. The molecular weight excluding hydrogens is 288 g/mol. The van der Waals surface area contributed by atoms with Crippen molar-refractivity contribution in [3.05, 3.63) is 18.2 Å². The maximum Gasteiger partial charge on any atom is 0.138 e. The molecule has 1 aromatic heterocycles. The Morgan fingerprint density at radius 1 is 1.43 bits per heavy atom. The van der Waals surface area contributed by atoms with E-state index in [4.69, 9.17) is 4.74 Å². The zero-order chi connectivity index (χ0) is 16.3. The van der Waals surface area contributed by atoms with Gasteiger partial charge in [0.25, 0.3) is 0 Å². The highest BCUT2D eigenvalue weighted by atomic mass is 16.5. The molecule has 0 aromatic carbocycles. The van der Waals surface area contributed by atoms with Crippen LogP contribution in [0, 0.1) is 22.7 Å². The lowest BCUT2D eigenvalue weighted by Gasteiger charge is -2.33. The predicted octanol–water partition coefficient (Wildman–Crippen LogP) is 3.04. The van der Waals surface area contributed by atoms with Crippen molar-refractivity contribution in [2.45, 2.75) is 64.6 Å². The fourth-order valence-corrected chi connectivity index (χ4v) is 3.86. The number of rotatable bonds is 5. The van der Waals surface area contributed by atoms with Crippen molar-refractivity contribution in [1.82, 2.24) is 14.9 Å². The Labute approximate surface area is 139 Å². The smallest absolute Gasteiger partial charge is 0.138 e. The highest BCUT2D eigenvalue weighted by molar-refractivity contribution is 5.02. The molecule has 1 aliphatic carbocycles. The number of aromatic nitrogens is 2. The summed E-state index contributed by atoms with van der Waals surface area (Å²) in [7, 11) is 0. The minimum Gasteiger partial charge on any atom is -0.370 e. The molecule has 2 atom stereocenters. The summed E-state index contributed by atoms with van der Waals surface area (Å²) in [6, 6.07) is 3.02. The van der Waals surface area contributed by atoms with Gasteiger partial charge in [0, 0.05) is 44.0 Å². The molecule has 1 N–H and O–H groups in total. The van der Waals surface area contributed by atoms with E-state index in [9.17, 15) is 5.26 Å². The molecule has 2 fully saturated rings. The zero-order valence-corrected chi connectivity index (χ0v) is 14.3. The summed E-state index contributed by atoms with van der Waals surface area (Å²) in [5, 5.41) is 13.0. The van der Waals surface area contributed by atoms with E-state index in [1.165, 1.54) is 0 Å². The summed E-state index contributed by atoms with van der Waals surface area (Å²) in [6.07, 6.45) is 9.33. The summed E-state index contributed by atoms with van der Waals surface area (Å²) in [6.45, 7) is 6.97. The van der Waals surface area contributed by atoms with E-state index in [2.05, 4.69) is 34.8 Å². The van der Waals surface area contributed by atoms with Gasteiger partial charge in [-0.05, 0) is 46.0 Å². The summed E-state index contributed by atoms with van der Waals surface area (Å²) in [5.74, 6) is 1.56. The number of hydrogen-bond acceptors (Lipinski definition) is 4. The van der Waals surface area contributed by atoms with Crippen molar-refractivity contribution < 1.29 is 4.74 Å². The summed E-state index contributed by atoms with van der Waals surface area (Å²) in [4.78, 5) is 4.52. The summed E-state index contributed by atoms with van der Waals surface area (Å²) < 4.78 is 8.16. The van der Waals surface area contributed by atoms with Gasteiger partial charge in [0.15, 0.2) is 0 Å². The molecular formula is C18H28N4O. The van der Waals surface area contributed by atoms with Gasteiger partial charge in [0.05, 0.1) is 11.5 Å². The average molecular weight is 316 g/mol. The molecule has 1 aromatic rings. The van der Waals surface area contributed by atoms with Crippen molar-refractivity contribution in [3.8, 4) is 6.07 Å². The van der Waals surface area contributed by atoms with E-state index in [-0.39, 0.29) is 11.5 Å². The molecule has 1 saturated heterocycles. The Morgan fingerprint density at radius 2 is 2.22 bits per heavy atom. The Bertz CT molecular complexity index is 554. The molecule has 126 valence electrons. The van der Waals surface area contributed by atoms with Gasteiger partial charge in [-0.2, -0.15) is 5.26 Å². The molecule has 2 aliphatic rings. The molecule has 0 bridgehead atoms. The highest BCUT2D eigenvalue weighted by Crippen LogP contribution is 2.36. The van der Waals surface area contributed by atoms with Crippen LogP contribution in [0.4, 0.5) is 0 Å². The third-order valence-corrected chi connectivity index (χ3v) is 5.58. The normalized spacial score (nSPS) is 34.4. The van der Waals surface area contributed by atoms with Crippen molar-refractivity contribution >= 4 is 0 Å². The van der Waals surface area contributed by atoms with Crippen LogP contribution in [0.2, 0.25) is 0 Å². The predicted molar refractivity (Wildman–Crippen MR) is 88.7 cm³/mol. The van der Waals surface area contributed by atoms with Crippen LogP contribution < -0.4 is 5.32 Å². The van der Waals surface area contributed by atoms with E-state index in [1.807, 2.05) is 12.4 Å². The maximum absolute atomic E-state index is 9.23. The third kappa shape index (κ3) is 3.59. The second-order valence-corrected chi connectivity index (χ2v) is 7.27. The van der Waals surface area contributed by atoms with Gasteiger partial charge in [0.2, 0.25) is 0 Å². The second kappa shape index (κ2) is 7.02. The number of nitrogens with one attached hydrogen (secondary N) is 1. The Morgan fingerprint density at radius 3 is 2.91 bits per heavy atom. The molecule has 5 heteroatoms. The first-order valence-corrected chi connectivity index (χ1v) is 8.92. The van der Waals surface area contributed by atoms with Crippen LogP contribution in [0.25, 0.3) is 0 Å². The number of nitrogens with zero attached hydrogens (tertiary/aromatic N) is 3. The lowest BCUT2D eigenvalue weighted by molar-refractivity contribution is 0.0789. The maximum atomic E-state index is 9.23. The second-order valence-electron chi connectivity index (χ2n) is 7.27. The SMILES string of the molecule is CCn1ccnc1[C@@H]1OCC[C@H]1CNC1CCC(C)(C#N)CC1. The van der Waals surface area contributed by atoms with Gasteiger partial charge in [-0.15, -0.1) is 0 Å². The van der Waals surface area contributed by atoms with Gasteiger partial charge >= 0.3 is 0 Å². The number of imidazole rings is 1. The van der Waals surface area contributed by atoms with E-state index in [0.717, 1.165) is 57.6 Å². The summed E-state index contributed by atoms with van der Waals surface area (Å²) in [5.41, 5.74) is -0.108. The first-order valence-electron chi connectivity index (χ1n) is 8.92. The van der Waals surface area contributed by atoms with Crippen molar-refractivity contribution in [2.75, 3.05) is 13.2 Å². The molecule has 0 amide bonds. The molecule has 1 saturated carbocycles. The number of ether oxygens (including phenoxy) is 1. The topological polar surface area (TPSA) is 62.9 Å². The summed E-state index contributed by atoms with van der Waals surface area (Å²) >= 11 is 0. The van der Waals surface area contributed by atoms with E-state index in [0.29, 0.717) is 12.0 Å². The number of aryl methyl sites for hydroxylation is 1. The molecule has 5 nitrogen and oxygen atoms in total. The van der Waals surface area contributed by atoms with Crippen molar-refractivity contribution in [2.24, 2.45) is 11.3 Å². The average Bonchev–Trinajstić information content (AvgIpc) is 3.22. The van der Waals surface area contributed by atoms with Gasteiger partial charge < -0.3 is 14.6 Å². The number of hydrogen-bond donors (Lipinski definition) is 1. The van der Waals surface area contributed by atoms with Gasteiger partial charge in [-0.1, -0.05) is 0 Å². The van der Waals surface area contributed by atoms with Crippen LogP contribution in [0.5, 0.6) is 0 Å². The fraction of sp³-hybridized carbons (Fsp3) is 0.778. The van der Waals surface area contributed by atoms with Crippen LogP contribution in [0.3, 0.4) is 0 Å². The van der Waals surface area contributed by atoms with E-state index in [1.54, 1.807) is 0 Å². The van der Waals surface area contributed by atoms with Crippen LogP contribution in [0.15, 0.2) is 12.4 Å². The Balaban J connectivity index is 1.53. The van der Waals surface area contributed by atoms with Gasteiger partial charge in [0.1, 0.15) is 11.9 Å². The quantitative estimate of drug-likeness (QED) is 0.907. The van der Waals surface area contributed by atoms with Crippen LogP contribution in [-0.2, 0) is 11.3 Å². The van der Waals surface area contributed by atoms with Crippen LogP contribution in [0.1, 0.15) is 57.9 Å². The standard InChI is InChI=1S/C18H28N4O/c1-3-22-10-9-20-17(22)16-14(6-11-23-16)12-21-15-4-7-18(2,13-19)8-5-15/h9-10,14-16,21H,3-8,11-12H2,1-2H3/t14-,15?,16+,18?/m0/s1. The first kappa shape index (κ1) is 16.5. The minimum absolute atomic E-state index is 0.108. The van der Waals surface area contributed by atoms with Crippen LogP contribution in [-0.4, -0.2) is 28.7 Å². The lowest BCUT2D eigenvalue weighted by atomic mass is 9.75. The van der Waals surface area contributed by atoms with Gasteiger partial charge in [-0.25, -0.2) is 4.98 Å². The van der Waals surface area contributed by atoms with E-state index >= 15 is 0 Å². The Kier molecular flexibility index (Phi) is 5.03. The molecule has 0 spiro atoms. The molecule has 23 heavy (non-hydrogen) atoms. The highest BCUT2D eigenvalue weighted by Gasteiger charge is 2.34. The Hall–Kier alpha value is -1.38. The van der Waals surface area contributed by atoms with Crippen molar-refractivity contribution in [1.29, 1.82) is 5.26 Å². The monoisotopic (exact) mass is 316 g/mol. The van der Waals surface area contributed by atoms with Gasteiger partial charge in [-0.3, -0.25) is 0 Å². The fourth-order valence-electron chi connectivity index (χ4n) is 3.86. The van der Waals surface area contributed by atoms with E-state index < -0.39 is 0 Å². The zero-order valence-electron chi connectivity index (χ0n) is 14.3. The van der Waals surface area contributed by atoms with Crippen molar-refractivity contribution in [3.63, 3.8) is 0 Å². The van der Waals surface area contributed by atoms with Crippen LogP contribution >= 0.6 is 0 Å². The largest absolute Gasteiger partial charge is 0.370 e. The molecule has 3 rings (SSSR count). The molecule has 0 unspecified atom stereocenters.